The van der Waals surface area contributed by atoms with Crippen LogP contribution in [-0.4, -0.2) is 6.21 Å². The highest BCUT2D eigenvalue weighted by molar-refractivity contribution is 6.42. The molecule has 0 aromatic heterocycles. The van der Waals surface area contributed by atoms with Crippen LogP contribution in [0.1, 0.15) is 5.56 Å². The summed E-state index contributed by atoms with van der Waals surface area (Å²) in [7, 11) is 0. The maximum absolute atomic E-state index is 13.3. The zero-order chi connectivity index (χ0) is 13.8. The van der Waals surface area contributed by atoms with Crippen LogP contribution in [0.2, 0.25) is 10.0 Å². The van der Waals surface area contributed by atoms with Gasteiger partial charge in [0.15, 0.2) is 5.82 Å². The van der Waals surface area contributed by atoms with Crippen LogP contribution in [0.15, 0.2) is 41.5 Å². The van der Waals surface area contributed by atoms with E-state index in [0.29, 0.717) is 15.6 Å². The average molecular weight is 301 g/mol. The van der Waals surface area contributed by atoms with Crippen molar-refractivity contribution >= 4 is 35.1 Å². The lowest BCUT2D eigenvalue weighted by atomic mass is 10.2. The summed E-state index contributed by atoms with van der Waals surface area (Å²) in [4.78, 5) is 0. The molecule has 1 N–H and O–H groups in total. The monoisotopic (exact) mass is 300 g/mol. The largest absolute Gasteiger partial charge is 0.276 e. The highest BCUT2D eigenvalue weighted by atomic mass is 35.5. The minimum atomic E-state index is -0.716. The molecule has 0 radical (unpaired) electrons. The Balaban J connectivity index is 2.09. The Bertz CT molecular complexity index is 630. The van der Waals surface area contributed by atoms with Crippen molar-refractivity contribution in [2.24, 2.45) is 5.10 Å². The molecular formula is C13H8Cl2F2N2. The molecule has 0 spiro atoms. The van der Waals surface area contributed by atoms with Crippen LogP contribution in [0.5, 0.6) is 0 Å². The molecular weight excluding hydrogens is 293 g/mol. The first-order valence-corrected chi connectivity index (χ1v) is 6.01. The van der Waals surface area contributed by atoms with E-state index >= 15 is 0 Å². The zero-order valence-electron chi connectivity index (χ0n) is 9.50. The minimum absolute atomic E-state index is 0.0812. The van der Waals surface area contributed by atoms with Gasteiger partial charge in [0.05, 0.1) is 21.9 Å². The van der Waals surface area contributed by atoms with Crippen LogP contribution in [0, 0.1) is 11.6 Å². The van der Waals surface area contributed by atoms with E-state index in [1.54, 1.807) is 18.2 Å². The van der Waals surface area contributed by atoms with E-state index in [0.717, 1.165) is 12.1 Å². The van der Waals surface area contributed by atoms with Crippen molar-refractivity contribution in [3.63, 3.8) is 0 Å². The number of nitrogens with zero attached hydrogens (tertiary/aromatic N) is 1. The number of anilines is 1. The summed E-state index contributed by atoms with van der Waals surface area (Å²) < 4.78 is 26.0. The molecule has 0 aliphatic carbocycles. The second-order valence-electron chi connectivity index (χ2n) is 3.67. The summed E-state index contributed by atoms with van der Waals surface area (Å²) in [5.41, 5.74) is 3.25. The van der Waals surface area contributed by atoms with Crippen molar-refractivity contribution < 1.29 is 8.78 Å². The third-order valence-electron chi connectivity index (χ3n) is 2.27. The fraction of sp³-hybridized carbons (Fsp3) is 0. The fourth-order valence-electron chi connectivity index (χ4n) is 1.35. The Morgan fingerprint density at radius 3 is 2.47 bits per heavy atom. The minimum Gasteiger partial charge on any atom is -0.276 e. The van der Waals surface area contributed by atoms with Gasteiger partial charge in [0.25, 0.3) is 0 Å². The van der Waals surface area contributed by atoms with Gasteiger partial charge in [-0.1, -0.05) is 29.3 Å². The van der Waals surface area contributed by atoms with Gasteiger partial charge >= 0.3 is 0 Å². The van der Waals surface area contributed by atoms with Gasteiger partial charge < -0.3 is 0 Å². The Morgan fingerprint density at radius 1 is 1.00 bits per heavy atom. The maximum Gasteiger partial charge on any atom is 0.151 e. The molecule has 19 heavy (non-hydrogen) atoms. The molecule has 2 rings (SSSR count). The number of hydrogen-bond donors (Lipinski definition) is 1. The molecule has 6 heteroatoms. The highest BCUT2D eigenvalue weighted by Gasteiger charge is 2.02. The molecule has 0 aliphatic rings. The lowest BCUT2D eigenvalue weighted by molar-refractivity contribution is 0.585. The van der Waals surface area contributed by atoms with Crippen LogP contribution >= 0.6 is 23.2 Å². The van der Waals surface area contributed by atoms with Gasteiger partial charge in [-0.3, -0.25) is 5.43 Å². The molecule has 98 valence electrons. The smallest absolute Gasteiger partial charge is 0.151 e. The first-order chi connectivity index (χ1) is 9.06. The Hall–Kier alpha value is -1.65. The molecule has 2 aromatic carbocycles. The number of halogens is 4. The fourth-order valence-corrected chi connectivity index (χ4v) is 1.66. The van der Waals surface area contributed by atoms with Crippen molar-refractivity contribution in [1.29, 1.82) is 0 Å². The predicted octanol–water partition coefficient (Wildman–Crippen LogP) is 4.72. The molecule has 0 heterocycles. The van der Waals surface area contributed by atoms with E-state index < -0.39 is 11.6 Å². The van der Waals surface area contributed by atoms with Crippen molar-refractivity contribution in [2.75, 3.05) is 5.43 Å². The van der Waals surface area contributed by atoms with Crippen molar-refractivity contribution in [2.45, 2.75) is 0 Å². The third kappa shape index (κ3) is 3.66. The molecule has 0 fully saturated rings. The average Bonchev–Trinajstić information content (AvgIpc) is 2.36. The summed E-state index contributed by atoms with van der Waals surface area (Å²) in [5, 5.41) is 4.68. The van der Waals surface area contributed by atoms with Crippen LogP contribution in [-0.2, 0) is 0 Å². The normalized spacial score (nSPS) is 10.9. The van der Waals surface area contributed by atoms with E-state index in [1.807, 2.05) is 0 Å². The molecule has 0 saturated heterocycles. The molecule has 0 bridgehead atoms. The third-order valence-corrected chi connectivity index (χ3v) is 3.01. The van der Waals surface area contributed by atoms with E-state index in [-0.39, 0.29) is 5.69 Å². The van der Waals surface area contributed by atoms with Gasteiger partial charge in [0, 0.05) is 6.07 Å². The van der Waals surface area contributed by atoms with Crippen molar-refractivity contribution in [3.8, 4) is 0 Å². The van der Waals surface area contributed by atoms with Crippen molar-refractivity contribution in [1.82, 2.24) is 0 Å². The molecule has 0 amide bonds. The molecule has 0 saturated carbocycles. The number of benzene rings is 2. The van der Waals surface area contributed by atoms with Gasteiger partial charge in [0.1, 0.15) is 5.82 Å². The van der Waals surface area contributed by atoms with Crippen LogP contribution in [0.25, 0.3) is 0 Å². The van der Waals surface area contributed by atoms with Gasteiger partial charge in [-0.05, 0) is 29.8 Å². The summed E-state index contributed by atoms with van der Waals surface area (Å²) in [6, 6.07) is 8.13. The number of rotatable bonds is 3. The standard InChI is InChI=1S/C13H8Cl2F2N2/c14-10-3-1-8(5-11(10)15)7-18-19-13-4-2-9(16)6-12(13)17/h1-7,19H/b18-7-. The lowest BCUT2D eigenvalue weighted by Gasteiger charge is -2.02. The topological polar surface area (TPSA) is 24.4 Å². The molecule has 2 nitrogen and oxygen atoms in total. The van der Waals surface area contributed by atoms with E-state index in [4.69, 9.17) is 23.2 Å². The van der Waals surface area contributed by atoms with E-state index in [2.05, 4.69) is 10.5 Å². The predicted molar refractivity (Wildman–Crippen MR) is 74.0 cm³/mol. The first kappa shape index (κ1) is 13.8. The Labute approximate surface area is 118 Å². The number of nitrogens with one attached hydrogen (secondary N) is 1. The second kappa shape index (κ2) is 5.99. The van der Waals surface area contributed by atoms with Gasteiger partial charge in [0.2, 0.25) is 0 Å². The Kier molecular flexibility index (Phi) is 4.35. The quantitative estimate of drug-likeness (QED) is 0.644. The van der Waals surface area contributed by atoms with E-state index in [9.17, 15) is 8.78 Å². The zero-order valence-corrected chi connectivity index (χ0v) is 11.0. The number of hydrogen-bond acceptors (Lipinski definition) is 2. The summed E-state index contributed by atoms with van der Waals surface area (Å²) in [5.74, 6) is -1.36. The van der Waals surface area contributed by atoms with Gasteiger partial charge in [-0.2, -0.15) is 5.10 Å². The second-order valence-corrected chi connectivity index (χ2v) is 4.48. The summed E-state index contributed by atoms with van der Waals surface area (Å²) in [6.45, 7) is 0. The Morgan fingerprint density at radius 2 is 1.79 bits per heavy atom. The lowest BCUT2D eigenvalue weighted by Crippen LogP contribution is -1.94. The highest BCUT2D eigenvalue weighted by Crippen LogP contribution is 2.22. The molecule has 0 unspecified atom stereocenters. The van der Waals surface area contributed by atoms with Crippen molar-refractivity contribution in [3.05, 3.63) is 63.6 Å². The number of hydrazone groups is 1. The summed E-state index contributed by atoms with van der Waals surface area (Å²) >= 11 is 11.6. The first-order valence-electron chi connectivity index (χ1n) is 5.25. The van der Waals surface area contributed by atoms with Crippen LogP contribution in [0.3, 0.4) is 0 Å². The van der Waals surface area contributed by atoms with E-state index in [1.165, 1.54) is 12.3 Å². The maximum atomic E-state index is 13.3. The molecule has 0 atom stereocenters. The van der Waals surface area contributed by atoms with Gasteiger partial charge in [-0.15, -0.1) is 0 Å². The molecule has 2 aromatic rings. The van der Waals surface area contributed by atoms with Gasteiger partial charge in [-0.25, -0.2) is 8.78 Å². The molecule has 0 aliphatic heterocycles. The van der Waals surface area contributed by atoms with Crippen LogP contribution < -0.4 is 5.43 Å². The van der Waals surface area contributed by atoms with Crippen LogP contribution in [0.4, 0.5) is 14.5 Å². The SMILES string of the molecule is Fc1ccc(N/N=C\c2ccc(Cl)c(Cl)c2)c(F)c1. The summed E-state index contributed by atoms with van der Waals surface area (Å²) in [6.07, 6.45) is 1.45.